The van der Waals surface area contributed by atoms with Gasteiger partial charge < -0.3 is 15.7 Å². The Morgan fingerprint density at radius 2 is 2.38 bits per heavy atom. The van der Waals surface area contributed by atoms with Crippen molar-refractivity contribution in [1.29, 1.82) is 0 Å². The van der Waals surface area contributed by atoms with Gasteiger partial charge in [-0.25, -0.2) is 4.39 Å². The molecule has 7 heteroatoms. The molecule has 1 aliphatic heterocycles. The van der Waals surface area contributed by atoms with Gasteiger partial charge in [-0.3, -0.25) is 9.48 Å². The van der Waals surface area contributed by atoms with Crippen LogP contribution in [-0.4, -0.2) is 40.4 Å². The molecule has 3 rings (SSSR count). The van der Waals surface area contributed by atoms with Gasteiger partial charge in [-0.05, 0) is 23.3 Å². The fourth-order valence-corrected chi connectivity index (χ4v) is 3.10. The molecular weight excluding hydrogens is 311 g/mol. The quantitative estimate of drug-likeness (QED) is 0.754. The van der Waals surface area contributed by atoms with Crippen molar-refractivity contribution in [2.24, 2.45) is 13.0 Å². The summed E-state index contributed by atoms with van der Waals surface area (Å²) in [5, 5.41) is 20.3. The molecule has 1 aromatic heterocycles. The number of hydrogen-bond acceptors (Lipinski definition) is 4. The molecule has 0 bridgehead atoms. The average Bonchev–Trinajstić information content (AvgIpc) is 3.20. The van der Waals surface area contributed by atoms with Crippen molar-refractivity contribution >= 4 is 5.91 Å². The summed E-state index contributed by atoms with van der Waals surface area (Å²) in [5.74, 6) is -0.683. The van der Waals surface area contributed by atoms with Gasteiger partial charge >= 0.3 is 0 Å². The second-order valence-electron chi connectivity index (χ2n) is 6.13. The smallest absolute Gasteiger partial charge is 0.225 e. The van der Waals surface area contributed by atoms with Gasteiger partial charge in [0.1, 0.15) is 5.82 Å². The molecule has 3 N–H and O–H groups in total. The zero-order valence-corrected chi connectivity index (χ0v) is 13.4. The minimum atomic E-state index is -0.934. The van der Waals surface area contributed by atoms with Crippen LogP contribution in [0.15, 0.2) is 36.7 Å². The third-order valence-electron chi connectivity index (χ3n) is 4.41. The van der Waals surface area contributed by atoms with Crippen LogP contribution in [0.3, 0.4) is 0 Å². The third kappa shape index (κ3) is 3.63. The van der Waals surface area contributed by atoms with E-state index in [1.54, 1.807) is 16.9 Å². The molecule has 1 saturated heterocycles. The molecule has 1 fully saturated rings. The van der Waals surface area contributed by atoms with Crippen molar-refractivity contribution in [2.45, 2.75) is 12.0 Å². The molecule has 2 heterocycles. The number of nitrogens with zero attached hydrogens (tertiary/aromatic N) is 2. The van der Waals surface area contributed by atoms with E-state index in [4.69, 9.17) is 0 Å². The first-order chi connectivity index (χ1) is 11.5. The maximum absolute atomic E-state index is 13.2. The van der Waals surface area contributed by atoms with Crippen LogP contribution < -0.4 is 10.6 Å². The number of benzene rings is 1. The fourth-order valence-electron chi connectivity index (χ4n) is 3.10. The predicted molar refractivity (Wildman–Crippen MR) is 86.7 cm³/mol. The lowest BCUT2D eigenvalue weighted by Gasteiger charge is -2.18. The van der Waals surface area contributed by atoms with Crippen molar-refractivity contribution < 1.29 is 14.3 Å². The van der Waals surface area contributed by atoms with Crippen molar-refractivity contribution in [1.82, 2.24) is 20.4 Å². The second kappa shape index (κ2) is 7.11. The zero-order valence-electron chi connectivity index (χ0n) is 13.4. The molecular formula is C17H21FN4O2. The van der Waals surface area contributed by atoms with E-state index in [1.165, 1.54) is 18.2 Å². The first-order valence-electron chi connectivity index (χ1n) is 7.95. The molecule has 0 spiro atoms. The number of aryl methyl sites for hydroxylation is 1. The molecule has 1 unspecified atom stereocenters. The molecule has 0 aliphatic carbocycles. The first-order valence-corrected chi connectivity index (χ1v) is 7.95. The molecule has 6 nitrogen and oxygen atoms in total. The molecule has 0 saturated carbocycles. The highest BCUT2D eigenvalue weighted by Crippen LogP contribution is 2.28. The number of aliphatic hydroxyl groups is 1. The van der Waals surface area contributed by atoms with E-state index in [-0.39, 0.29) is 24.3 Å². The Hall–Kier alpha value is -2.25. The van der Waals surface area contributed by atoms with E-state index >= 15 is 0 Å². The molecule has 0 radical (unpaired) electrons. The SMILES string of the molecule is Cn1cc([C@H]2CNC[C@@H]2C(=O)NCC(O)c2cccc(F)c2)cn1. The van der Waals surface area contributed by atoms with Crippen LogP contribution in [0.2, 0.25) is 0 Å². The van der Waals surface area contributed by atoms with Gasteiger partial charge in [0, 0.05) is 38.8 Å². The van der Waals surface area contributed by atoms with Gasteiger partial charge in [0.05, 0.1) is 18.2 Å². The number of amides is 1. The largest absolute Gasteiger partial charge is 0.387 e. The van der Waals surface area contributed by atoms with Crippen LogP contribution in [0.1, 0.15) is 23.1 Å². The Morgan fingerprint density at radius 1 is 1.54 bits per heavy atom. The number of halogens is 1. The van der Waals surface area contributed by atoms with Crippen LogP contribution in [0.5, 0.6) is 0 Å². The Morgan fingerprint density at radius 3 is 3.08 bits per heavy atom. The van der Waals surface area contributed by atoms with Gasteiger partial charge in [-0.15, -0.1) is 0 Å². The third-order valence-corrected chi connectivity index (χ3v) is 4.41. The van der Waals surface area contributed by atoms with Gasteiger partial charge in [-0.1, -0.05) is 12.1 Å². The summed E-state index contributed by atoms with van der Waals surface area (Å²) in [5.41, 5.74) is 1.47. The van der Waals surface area contributed by atoms with Gasteiger partial charge in [0.15, 0.2) is 0 Å². The highest BCUT2D eigenvalue weighted by Gasteiger charge is 2.34. The summed E-state index contributed by atoms with van der Waals surface area (Å²) < 4.78 is 14.9. The van der Waals surface area contributed by atoms with Crippen molar-refractivity contribution in [3.05, 3.63) is 53.6 Å². The molecule has 3 atom stereocenters. The van der Waals surface area contributed by atoms with E-state index < -0.39 is 11.9 Å². The molecule has 1 amide bonds. The number of carbonyl (C=O) groups is 1. The monoisotopic (exact) mass is 332 g/mol. The number of nitrogens with one attached hydrogen (secondary N) is 2. The Bertz CT molecular complexity index is 718. The minimum absolute atomic E-state index is 0.0541. The lowest BCUT2D eigenvalue weighted by atomic mass is 9.90. The summed E-state index contributed by atoms with van der Waals surface area (Å²) in [6, 6.07) is 5.76. The number of hydrogen-bond donors (Lipinski definition) is 3. The molecule has 1 aromatic carbocycles. The van der Waals surface area contributed by atoms with E-state index in [9.17, 15) is 14.3 Å². The summed E-state index contributed by atoms with van der Waals surface area (Å²) in [6.07, 6.45) is 2.76. The molecule has 24 heavy (non-hydrogen) atoms. The van der Waals surface area contributed by atoms with Gasteiger partial charge in [0.25, 0.3) is 0 Å². The number of carbonyl (C=O) groups excluding carboxylic acids is 1. The van der Waals surface area contributed by atoms with Crippen molar-refractivity contribution in [3.8, 4) is 0 Å². The lowest BCUT2D eigenvalue weighted by Crippen LogP contribution is -2.36. The zero-order chi connectivity index (χ0) is 17.1. The fraction of sp³-hybridized carbons (Fsp3) is 0.412. The lowest BCUT2D eigenvalue weighted by molar-refractivity contribution is -0.125. The maximum Gasteiger partial charge on any atom is 0.225 e. The minimum Gasteiger partial charge on any atom is -0.387 e. The van der Waals surface area contributed by atoms with Crippen LogP contribution in [0, 0.1) is 11.7 Å². The van der Waals surface area contributed by atoms with E-state index in [0.717, 1.165) is 12.1 Å². The molecule has 2 aromatic rings. The van der Waals surface area contributed by atoms with Crippen molar-refractivity contribution in [2.75, 3.05) is 19.6 Å². The molecule has 128 valence electrons. The van der Waals surface area contributed by atoms with E-state index in [2.05, 4.69) is 15.7 Å². The van der Waals surface area contributed by atoms with Gasteiger partial charge in [0.2, 0.25) is 5.91 Å². The number of rotatable bonds is 5. The summed E-state index contributed by atoms with van der Waals surface area (Å²) >= 11 is 0. The van der Waals surface area contributed by atoms with Crippen LogP contribution in [-0.2, 0) is 11.8 Å². The second-order valence-corrected chi connectivity index (χ2v) is 6.13. The van der Waals surface area contributed by atoms with E-state index in [0.29, 0.717) is 12.1 Å². The number of aromatic nitrogens is 2. The Labute approximate surface area is 139 Å². The Kier molecular flexibility index (Phi) is 4.92. The van der Waals surface area contributed by atoms with Crippen LogP contribution in [0.4, 0.5) is 4.39 Å². The highest BCUT2D eigenvalue weighted by atomic mass is 19.1. The van der Waals surface area contributed by atoms with Gasteiger partial charge in [-0.2, -0.15) is 5.10 Å². The number of aliphatic hydroxyl groups excluding tert-OH is 1. The summed E-state index contributed by atoms with van der Waals surface area (Å²) in [6.45, 7) is 1.36. The van der Waals surface area contributed by atoms with Crippen LogP contribution in [0.25, 0.3) is 0 Å². The summed E-state index contributed by atoms with van der Waals surface area (Å²) in [4.78, 5) is 12.5. The van der Waals surface area contributed by atoms with Crippen molar-refractivity contribution in [3.63, 3.8) is 0 Å². The first kappa shape index (κ1) is 16.6. The average molecular weight is 332 g/mol. The van der Waals surface area contributed by atoms with Crippen LogP contribution >= 0.6 is 0 Å². The normalized spacial score (nSPS) is 21.6. The predicted octanol–water partition coefficient (Wildman–Crippen LogP) is 0.712. The standard InChI is InChI=1S/C17H21FN4O2/c1-22-10-12(6-21-22)14-7-19-8-15(14)17(24)20-9-16(23)11-3-2-4-13(18)5-11/h2-6,10,14-16,19,23H,7-9H2,1H3,(H,20,24)/t14-,15+,16?/m1/s1. The Balaban J connectivity index is 1.60. The molecule has 1 aliphatic rings. The highest BCUT2D eigenvalue weighted by molar-refractivity contribution is 5.80. The topological polar surface area (TPSA) is 79.2 Å². The van der Waals surface area contributed by atoms with E-state index in [1.807, 2.05) is 13.2 Å². The summed E-state index contributed by atoms with van der Waals surface area (Å²) in [7, 11) is 1.84. The maximum atomic E-state index is 13.2.